The molecule has 0 radical (unpaired) electrons. The first kappa shape index (κ1) is 16.0. The smallest absolute Gasteiger partial charge is 0.314 e. The first-order valence-electron chi connectivity index (χ1n) is 6.19. The maximum atomic E-state index is 13.4. The van der Waals surface area contributed by atoms with Gasteiger partial charge in [0.1, 0.15) is 17.3 Å². The van der Waals surface area contributed by atoms with Gasteiger partial charge in [0.05, 0.1) is 4.92 Å². The third-order valence-electron chi connectivity index (χ3n) is 2.74. The van der Waals surface area contributed by atoms with Gasteiger partial charge in [-0.2, -0.15) is 0 Å². The highest BCUT2D eigenvalue weighted by atomic mass is 19.1. The van der Waals surface area contributed by atoms with Gasteiger partial charge in [0.15, 0.2) is 0 Å². The predicted molar refractivity (Wildman–Crippen MR) is 76.7 cm³/mol. The monoisotopic (exact) mass is 321 g/mol. The third kappa shape index (κ3) is 3.84. The fourth-order valence-corrected chi connectivity index (χ4v) is 1.64. The van der Waals surface area contributed by atoms with Gasteiger partial charge < -0.3 is 10.6 Å². The number of amides is 2. The Labute approximate surface area is 128 Å². The standard InChI is InChI=1S/C14H9F2N3O4/c15-10-2-1-3-11(16)12(10)18-14(21)13(20)17-8-4-6-9(7-5-8)19(22)23/h1-7H,(H,17,20)(H,18,21). The van der Waals surface area contributed by atoms with Crippen LogP contribution in [-0.4, -0.2) is 16.7 Å². The summed E-state index contributed by atoms with van der Waals surface area (Å²) in [5.74, 6) is -4.52. The second-order valence-corrected chi connectivity index (χ2v) is 4.31. The van der Waals surface area contributed by atoms with E-state index >= 15 is 0 Å². The van der Waals surface area contributed by atoms with Gasteiger partial charge in [-0.05, 0) is 24.3 Å². The van der Waals surface area contributed by atoms with Crippen molar-refractivity contribution >= 4 is 28.9 Å². The average molecular weight is 321 g/mol. The molecule has 0 spiro atoms. The van der Waals surface area contributed by atoms with Gasteiger partial charge in [-0.25, -0.2) is 8.78 Å². The van der Waals surface area contributed by atoms with Gasteiger partial charge in [0.25, 0.3) is 5.69 Å². The van der Waals surface area contributed by atoms with Crippen molar-refractivity contribution in [1.82, 2.24) is 0 Å². The number of carbonyl (C=O) groups excluding carboxylic acids is 2. The lowest BCUT2D eigenvalue weighted by atomic mass is 10.2. The minimum absolute atomic E-state index is 0.116. The predicted octanol–water partition coefficient (Wildman–Crippen LogP) is 2.45. The van der Waals surface area contributed by atoms with Crippen molar-refractivity contribution in [3.8, 4) is 0 Å². The summed E-state index contributed by atoms with van der Waals surface area (Å²) in [5.41, 5.74) is -0.818. The first-order chi connectivity index (χ1) is 10.9. The molecule has 0 aromatic heterocycles. The zero-order valence-corrected chi connectivity index (χ0v) is 11.4. The van der Waals surface area contributed by atoms with Crippen molar-refractivity contribution in [3.05, 3.63) is 64.2 Å². The summed E-state index contributed by atoms with van der Waals surface area (Å²) in [6.07, 6.45) is 0. The molecular formula is C14H9F2N3O4. The van der Waals surface area contributed by atoms with E-state index in [9.17, 15) is 28.5 Å². The molecule has 0 aliphatic heterocycles. The van der Waals surface area contributed by atoms with Crippen LogP contribution in [0.1, 0.15) is 0 Å². The summed E-state index contributed by atoms with van der Waals surface area (Å²) in [5, 5.41) is 14.5. The minimum Gasteiger partial charge on any atom is -0.318 e. The quantitative estimate of drug-likeness (QED) is 0.515. The molecule has 2 amide bonds. The Bertz CT molecular complexity index is 758. The molecule has 0 aliphatic carbocycles. The summed E-state index contributed by atoms with van der Waals surface area (Å²) < 4.78 is 26.7. The highest BCUT2D eigenvalue weighted by molar-refractivity contribution is 6.43. The van der Waals surface area contributed by atoms with Crippen LogP contribution in [0, 0.1) is 21.7 Å². The molecule has 0 saturated carbocycles. The normalized spacial score (nSPS) is 10.0. The van der Waals surface area contributed by atoms with Crippen LogP contribution in [0.15, 0.2) is 42.5 Å². The SMILES string of the molecule is O=C(Nc1ccc([N+](=O)[O-])cc1)C(=O)Nc1c(F)cccc1F. The van der Waals surface area contributed by atoms with Crippen LogP contribution in [0.3, 0.4) is 0 Å². The molecule has 2 aromatic carbocycles. The summed E-state index contributed by atoms with van der Waals surface area (Å²) in [4.78, 5) is 33.2. The Kier molecular flexibility index (Phi) is 4.60. The second-order valence-electron chi connectivity index (χ2n) is 4.31. The maximum absolute atomic E-state index is 13.4. The molecule has 2 rings (SSSR count). The number of nitro benzene ring substituents is 1. The van der Waals surface area contributed by atoms with Crippen LogP contribution in [0.2, 0.25) is 0 Å². The number of para-hydroxylation sites is 1. The lowest BCUT2D eigenvalue weighted by Gasteiger charge is -2.08. The Morgan fingerprint density at radius 1 is 0.913 bits per heavy atom. The van der Waals surface area contributed by atoms with Crippen molar-refractivity contribution in [2.75, 3.05) is 10.6 Å². The van der Waals surface area contributed by atoms with Crippen molar-refractivity contribution in [2.45, 2.75) is 0 Å². The van der Waals surface area contributed by atoms with E-state index in [0.29, 0.717) is 0 Å². The minimum atomic E-state index is -1.28. The number of nitrogens with one attached hydrogen (secondary N) is 2. The lowest BCUT2D eigenvalue weighted by molar-refractivity contribution is -0.384. The average Bonchev–Trinajstić information content (AvgIpc) is 2.51. The van der Waals surface area contributed by atoms with Crippen molar-refractivity contribution in [3.63, 3.8) is 0 Å². The molecule has 0 fully saturated rings. The van der Waals surface area contributed by atoms with Crippen molar-refractivity contribution in [1.29, 1.82) is 0 Å². The van der Waals surface area contributed by atoms with E-state index < -0.39 is 34.1 Å². The summed E-state index contributed by atoms with van der Waals surface area (Å²) in [7, 11) is 0. The Morgan fingerprint density at radius 3 is 1.96 bits per heavy atom. The number of carbonyl (C=O) groups is 2. The molecule has 0 saturated heterocycles. The Hall–Kier alpha value is -3.36. The number of halogens is 2. The summed E-state index contributed by atoms with van der Waals surface area (Å²) >= 11 is 0. The van der Waals surface area contributed by atoms with Gasteiger partial charge >= 0.3 is 11.8 Å². The third-order valence-corrected chi connectivity index (χ3v) is 2.74. The van der Waals surface area contributed by atoms with E-state index in [4.69, 9.17) is 0 Å². The van der Waals surface area contributed by atoms with Crippen LogP contribution in [-0.2, 0) is 9.59 Å². The van der Waals surface area contributed by atoms with E-state index in [1.807, 2.05) is 5.32 Å². The lowest BCUT2D eigenvalue weighted by Crippen LogP contribution is -2.29. The fourth-order valence-electron chi connectivity index (χ4n) is 1.64. The molecule has 2 N–H and O–H groups in total. The maximum Gasteiger partial charge on any atom is 0.314 e. The number of hydrogen-bond acceptors (Lipinski definition) is 4. The number of benzene rings is 2. The highest BCUT2D eigenvalue weighted by Gasteiger charge is 2.18. The zero-order chi connectivity index (χ0) is 17.0. The molecule has 23 heavy (non-hydrogen) atoms. The van der Waals surface area contributed by atoms with Crippen LogP contribution >= 0.6 is 0 Å². The van der Waals surface area contributed by atoms with Crippen molar-refractivity contribution in [2.24, 2.45) is 0 Å². The molecular weight excluding hydrogens is 312 g/mol. The van der Waals surface area contributed by atoms with Gasteiger partial charge in [-0.1, -0.05) is 6.07 Å². The van der Waals surface area contributed by atoms with E-state index in [1.165, 1.54) is 12.1 Å². The van der Waals surface area contributed by atoms with Crippen LogP contribution in [0.25, 0.3) is 0 Å². The number of rotatable bonds is 3. The van der Waals surface area contributed by atoms with Gasteiger partial charge in [0, 0.05) is 17.8 Å². The van der Waals surface area contributed by atoms with Gasteiger partial charge in [-0.15, -0.1) is 0 Å². The number of anilines is 2. The van der Waals surface area contributed by atoms with Crippen LogP contribution < -0.4 is 10.6 Å². The van der Waals surface area contributed by atoms with Crippen LogP contribution in [0.5, 0.6) is 0 Å². The molecule has 0 heterocycles. The Balaban J connectivity index is 2.05. The number of nitro groups is 1. The molecule has 0 unspecified atom stereocenters. The van der Waals surface area contributed by atoms with E-state index in [0.717, 1.165) is 30.3 Å². The van der Waals surface area contributed by atoms with E-state index in [2.05, 4.69) is 5.32 Å². The van der Waals surface area contributed by atoms with Gasteiger partial charge in [0.2, 0.25) is 0 Å². The molecule has 118 valence electrons. The summed E-state index contributed by atoms with van der Waals surface area (Å²) in [6, 6.07) is 7.64. The largest absolute Gasteiger partial charge is 0.318 e. The van der Waals surface area contributed by atoms with E-state index in [1.54, 1.807) is 0 Å². The number of non-ortho nitro benzene ring substituents is 1. The van der Waals surface area contributed by atoms with Crippen LogP contribution in [0.4, 0.5) is 25.8 Å². The fraction of sp³-hybridized carbons (Fsp3) is 0. The van der Waals surface area contributed by atoms with Gasteiger partial charge in [-0.3, -0.25) is 19.7 Å². The highest BCUT2D eigenvalue weighted by Crippen LogP contribution is 2.18. The molecule has 0 aliphatic rings. The van der Waals surface area contributed by atoms with Crippen molar-refractivity contribution < 1.29 is 23.3 Å². The molecule has 7 nitrogen and oxygen atoms in total. The number of hydrogen-bond donors (Lipinski definition) is 2. The molecule has 0 bridgehead atoms. The second kappa shape index (κ2) is 6.60. The molecule has 0 atom stereocenters. The number of nitrogens with zero attached hydrogens (tertiary/aromatic N) is 1. The Morgan fingerprint density at radius 2 is 1.43 bits per heavy atom. The first-order valence-corrected chi connectivity index (χ1v) is 6.19. The summed E-state index contributed by atoms with van der Waals surface area (Å²) in [6.45, 7) is 0. The molecule has 9 heteroatoms. The topological polar surface area (TPSA) is 101 Å². The molecule has 2 aromatic rings. The zero-order valence-electron chi connectivity index (χ0n) is 11.4. The van der Waals surface area contributed by atoms with E-state index in [-0.39, 0.29) is 11.4 Å².